The summed E-state index contributed by atoms with van der Waals surface area (Å²) in [5.74, 6) is -2.10. The Morgan fingerprint density at radius 3 is 2.14 bits per heavy atom. The number of methoxy groups -OCH3 is 1. The molecule has 0 aromatic heterocycles. The molecule has 57 heavy (non-hydrogen) atoms. The molecule has 0 spiro atoms. The van der Waals surface area contributed by atoms with Crippen LogP contribution in [0, 0.1) is 11.8 Å². The molecule has 2 rings (SSSR count). The Morgan fingerprint density at radius 2 is 1.54 bits per heavy atom. The van der Waals surface area contributed by atoms with Crippen molar-refractivity contribution < 1.29 is 47.7 Å². The van der Waals surface area contributed by atoms with Crippen molar-refractivity contribution in [2.75, 3.05) is 20.3 Å². The SMILES string of the molecule is COc1ccc(C[C@@H](NC(=O)/C=C/C[C@H](OC(=O)[C@H](CC(C)C)OC(=O)CCNC(=O)OC(C)(C)C)[C@H](C)/C=C/c2ccccc2)C(=O)OCC[Si](C)(C)C)cc1. The highest BCUT2D eigenvalue weighted by Crippen LogP contribution is 2.20. The van der Waals surface area contributed by atoms with E-state index in [1.807, 2.05) is 75.4 Å². The van der Waals surface area contributed by atoms with E-state index in [4.69, 9.17) is 23.7 Å². The van der Waals surface area contributed by atoms with E-state index in [0.29, 0.717) is 5.75 Å². The highest BCUT2D eigenvalue weighted by Gasteiger charge is 2.30. The van der Waals surface area contributed by atoms with Gasteiger partial charge in [-0.3, -0.25) is 9.59 Å². The van der Waals surface area contributed by atoms with E-state index >= 15 is 0 Å². The van der Waals surface area contributed by atoms with Crippen LogP contribution in [0.5, 0.6) is 5.75 Å². The fourth-order valence-corrected chi connectivity index (χ4v) is 5.96. The Hall–Kier alpha value is -4.91. The molecule has 0 saturated carbocycles. The number of rotatable bonds is 22. The third kappa shape index (κ3) is 21.3. The van der Waals surface area contributed by atoms with Crippen LogP contribution < -0.4 is 15.4 Å². The highest BCUT2D eigenvalue weighted by molar-refractivity contribution is 6.76. The number of amides is 2. The zero-order valence-corrected chi connectivity index (χ0v) is 36.4. The minimum atomic E-state index is -1.46. The van der Waals surface area contributed by atoms with Crippen LogP contribution >= 0.6 is 0 Å². The third-order valence-corrected chi connectivity index (χ3v) is 10.1. The average molecular weight is 809 g/mol. The lowest BCUT2D eigenvalue weighted by atomic mass is 9.99. The number of alkyl carbamates (subject to hydrolysis) is 1. The molecule has 0 radical (unpaired) electrons. The van der Waals surface area contributed by atoms with Crippen molar-refractivity contribution in [1.29, 1.82) is 0 Å². The van der Waals surface area contributed by atoms with E-state index in [-0.39, 0.29) is 50.7 Å². The zero-order valence-electron chi connectivity index (χ0n) is 35.4. The summed E-state index contributed by atoms with van der Waals surface area (Å²) in [6.45, 7) is 17.7. The molecule has 2 aromatic carbocycles. The quantitative estimate of drug-likeness (QED) is 0.0524. The van der Waals surface area contributed by atoms with Crippen molar-refractivity contribution in [3.63, 3.8) is 0 Å². The maximum atomic E-state index is 13.6. The number of nitrogens with one attached hydrogen (secondary N) is 2. The summed E-state index contributed by atoms with van der Waals surface area (Å²) in [4.78, 5) is 64.9. The lowest BCUT2D eigenvalue weighted by Crippen LogP contribution is -2.43. The van der Waals surface area contributed by atoms with Crippen LogP contribution in [0.4, 0.5) is 4.79 Å². The molecule has 0 aliphatic carbocycles. The topological polar surface area (TPSA) is 156 Å². The molecular weight excluding hydrogens is 745 g/mol. The second kappa shape index (κ2) is 24.0. The van der Waals surface area contributed by atoms with Crippen LogP contribution in [-0.4, -0.2) is 82.1 Å². The number of carbonyl (C=O) groups is 5. The second-order valence-electron chi connectivity index (χ2n) is 16.6. The number of benzene rings is 2. The molecule has 314 valence electrons. The summed E-state index contributed by atoms with van der Waals surface area (Å²) >= 11 is 0. The molecule has 0 heterocycles. The van der Waals surface area contributed by atoms with Gasteiger partial charge in [0, 0.05) is 33.4 Å². The number of carbonyl (C=O) groups excluding carboxylic acids is 5. The van der Waals surface area contributed by atoms with E-state index < -0.39 is 61.8 Å². The van der Waals surface area contributed by atoms with Crippen molar-refractivity contribution in [1.82, 2.24) is 10.6 Å². The summed E-state index contributed by atoms with van der Waals surface area (Å²) in [5, 5.41) is 5.31. The Bertz CT molecular complexity index is 1630. The van der Waals surface area contributed by atoms with Gasteiger partial charge in [0.05, 0.1) is 20.1 Å². The average Bonchev–Trinajstić information content (AvgIpc) is 3.12. The Labute approximate surface area is 340 Å². The predicted molar refractivity (Wildman–Crippen MR) is 224 cm³/mol. The number of esters is 3. The van der Waals surface area contributed by atoms with Crippen molar-refractivity contribution in [3.05, 3.63) is 84.0 Å². The van der Waals surface area contributed by atoms with E-state index in [1.165, 1.54) is 6.08 Å². The van der Waals surface area contributed by atoms with Crippen LogP contribution in [0.2, 0.25) is 25.7 Å². The minimum absolute atomic E-state index is 0.0132. The van der Waals surface area contributed by atoms with Gasteiger partial charge in [0.2, 0.25) is 5.91 Å². The standard InChI is InChI=1S/C44H64N2O10Si/c1-31(2)29-38(54-40(48)25-26-45-43(51)56-44(4,5)6)42(50)55-37(32(3)19-20-33-15-12-11-13-16-33)17-14-18-39(47)46-36(41(49)53-27-28-57(8,9)10)30-34-21-23-35(52-7)24-22-34/h11-16,18-24,31-32,36-38H,17,25-30H2,1-10H3,(H,45,51)(H,46,47)/b18-14+,20-19+/t32-,36-,37+,38+/m1/s1. The first-order valence-electron chi connectivity index (χ1n) is 19.6. The molecule has 2 aromatic rings. The zero-order chi connectivity index (χ0) is 42.6. The fraction of sp³-hybridized carbons (Fsp3) is 0.523. The molecule has 0 fully saturated rings. The molecule has 0 aliphatic heterocycles. The number of ether oxygens (including phenoxy) is 5. The van der Waals surface area contributed by atoms with Gasteiger partial charge in [-0.05, 0) is 68.5 Å². The molecule has 2 amide bonds. The van der Waals surface area contributed by atoms with Crippen molar-refractivity contribution >= 4 is 44.1 Å². The van der Waals surface area contributed by atoms with E-state index in [2.05, 4.69) is 30.3 Å². The van der Waals surface area contributed by atoms with E-state index in [1.54, 1.807) is 46.1 Å². The van der Waals surface area contributed by atoms with Gasteiger partial charge in [-0.2, -0.15) is 0 Å². The lowest BCUT2D eigenvalue weighted by molar-refractivity contribution is -0.173. The highest BCUT2D eigenvalue weighted by atomic mass is 28.3. The van der Waals surface area contributed by atoms with E-state index in [9.17, 15) is 24.0 Å². The maximum absolute atomic E-state index is 13.6. The molecule has 0 bridgehead atoms. The molecule has 0 aliphatic rings. The van der Waals surface area contributed by atoms with Crippen LogP contribution in [0.15, 0.2) is 72.8 Å². The van der Waals surface area contributed by atoms with Gasteiger partial charge in [-0.25, -0.2) is 14.4 Å². The largest absolute Gasteiger partial charge is 0.497 e. The minimum Gasteiger partial charge on any atom is -0.497 e. The molecule has 4 atom stereocenters. The number of hydrogen-bond donors (Lipinski definition) is 2. The first-order chi connectivity index (χ1) is 26.7. The molecular formula is C44H64N2O10Si. The first kappa shape index (κ1) is 48.2. The van der Waals surface area contributed by atoms with Crippen LogP contribution in [0.1, 0.15) is 71.9 Å². The number of hydrogen-bond acceptors (Lipinski definition) is 10. The summed E-state index contributed by atoms with van der Waals surface area (Å²) in [6.07, 6.45) is 4.53. The Kier molecular flexibility index (Phi) is 20.3. The maximum Gasteiger partial charge on any atom is 0.407 e. The van der Waals surface area contributed by atoms with Gasteiger partial charge in [-0.1, -0.05) is 101 Å². The van der Waals surface area contributed by atoms with Crippen molar-refractivity contribution in [3.8, 4) is 5.75 Å². The molecule has 2 N–H and O–H groups in total. The van der Waals surface area contributed by atoms with Gasteiger partial charge in [0.25, 0.3) is 0 Å². The van der Waals surface area contributed by atoms with Crippen LogP contribution in [-0.2, 0) is 44.5 Å². The van der Waals surface area contributed by atoms with Crippen molar-refractivity contribution in [2.24, 2.45) is 11.8 Å². The summed E-state index contributed by atoms with van der Waals surface area (Å²) in [6, 6.07) is 16.7. The smallest absolute Gasteiger partial charge is 0.407 e. The molecule has 13 heteroatoms. The third-order valence-electron chi connectivity index (χ3n) is 8.40. The lowest BCUT2D eigenvalue weighted by Gasteiger charge is -2.25. The summed E-state index contributed by atoms with van der Waals surface area (Å²) < 4.78 is 27.7. The van der Waals surface area contributed by atoms with Gasteiger partial charge in [-0.15, -0.1) is 0 Å². The van der Waals surface area contributed by atoms with E-state index in [0.717, 1.165) is 17.2 Å². The fourth-order valence-electron chi connectivity index (χ4n) is 5.24. The first-order valence-corrected chi connectivity index (χ1v) is 23.3. The Balaban J connectivity index is 2.22. The van der Waals surface area contributed by atoms with Gasteiger partial charge >= 0.3 is 24.0 Å². The monoisotopic (exact) mass is 808 g/mol. The van der Waals surface area contributed by atoms with Gasteiger partial charge in [0.1, 0.15) is 23.5 Å². The summed E-state index contributed by atoms with van der Waals surface area (Å²) in [5.41, 5.74) is 1.07. The normalized spacial score (nSPS) is 14.0. The second-order valence-corrected chi connectivity index (χ2v) is 22.2. The summed E-state index contributed by atoms with van der Waals surface area (Å²) in [7, 11) is 0.108. The molecule has 0 saturated heterocycles. The van der Waals surface area contributed by atoms with Crippen LogP contribution in [0.3, 0.4) is 0 Å². The van der Waals surface area contributed by atoms with Crippen molar-refractivity contribution in [2.45, 2.75) is 117 Å². The molecule has 0 unspecified atom stereocenters. The predicted octanol–water partition coefficient (Wildman–Crippen LogP) is 7.68. The van der Waals surface area contributed by atoms with Gasteiger partial charge < -0.3 is 34.3 Å². The van der Waals surface area contributed by atoms with Gasteiger partial charge in [0.15, 0.2) is 6.10 Å². The van der Waals surface area contributed by atoms with Crippen LogP contribution in [0.25, 0.3) is 6.08 Å². The molecule has 12 nitrogen and oxygen atoms in total. The Morgan fingerprint density at radius 1 is 0.877 bits per heavy atom.